The molecule has 1 aliphatic rings. The molecule has 0 spiro atoms. The lowest BCUT2D eigenvalue weighted by atomic mass is 10.1. The van der Waals surface area contributed by atoms with Crippen molar-refractivity contribution >= 4 is 29.5 Å². The molecule has 2 heterocycles. The van der Waals surface area contributed by atoms with Gasteiger partial charge in [0.1, 0.15) is 10.9 Å². The summed E-state index contributed by atoms with van der Waals surface area (Å²) >= 11 is 6.49. The molecular formula is C26H35ClN4O3. The van der Waals surface area contributed by atoms with Crippen molar-refractivity contribution in [2.45, 2.75) is 46.6 Å². The Kier molecular flexibility index (Phi) is 9.16. The summed E-state index contributed by atoms with van der Waals surface area (Å²) < 4.78 is 6.96. The van der Waals surface area contributed by atoms with E-state index in [-0.39, 0.29) is 11.8 Å². The summed E-state index contributed by atoms with van der Waals surface area (Å²) in [7, 11) is 1.64. The zero-order chi connectivity index (χ0) is 24.7. The first-order valence-electron chi connectivity index (χ1n) is 11.9. The highest BCUT2D eigenvalue weighted by Gasteiger charge is 2.21. The zero-order valence-electron chi connectivity index (χ0n) is 20.6. The lowest BCUT2D eigenvalue weighted by molar-refractivity contribution is -0.132. The fourth-order valence-electron chi connectivity index (χ4n) is 4.07. The second-order valence-electron chi connectivity index (χ2n) is 9.11. The molecule has 2 aromatic rings. The quantitative estimate of drug-likeness (QED) is 0.524. The van der Waals surface area contributed by atoms with Gasteiger partial charge in [-0.2, -0.15) is 5.10 Å². The van der Waals surface area contributed by atoms with Crippen LogP contribution < -0.4 is 4.74 Å². The molecule has 0 radical (unpaired) electrons. The topological polar surface area (TPSA) is 67.7 Å². The van der Waals surface area contributed by atoms with Crippen molar-refractivity contribution in [1.82, 2.24) is 19.6 Å². The first-order chi connectivity index (χ1) is 16.3. The third-order valence-electron chi connectivity index (χ3n) is 5.99. The molecule has 0 unspecified atom stereocenters. The van der Waals surface area contributed by atoms with Gasteiger partial charge in [0.15, 0.2) is 0 Å². The number of aryl methyl sites for hydroxylation is 2. The molecule has 0 bridgehead atoms. The normalized spacial score (nSPS) is 14.6. The number of carbonyl (C=O) groups excluding carboxylic acids is 2. The van der Waals surface area contributed by atoms with Crippen molar-refractivity contribution in [3.05, 3.63) is 52.3 Å². The summed E-state index contributed by atoms with van der Waals surface area (Å²) in [4.78, 5) is 29.2. The van der Waals surface area contributed by atoms with E-state index in [9.17, 15) is 9.59 Å². The standard InChI is InChI=1S/C26H35ClN4O3/c1-19(2)18-31-26(27)23(20(3)28-31)11-13-25(33)30-15-5-14-29(16-17-30)24(32)12-8-21-6-9-22(34-4)10-7-21/h6-7,9-11,13,19H,5,8,12,14-18H2,1-4H3/b13-11+. The predicted molar refractivity (Wildman–Crippen MR) is 135 cm³/mol. The second kappa shape index (κ2) is 12.1. The highest BCUT2D eigenvalue weighted by molar-refractivity contribution is 6.31. The Morgan fingerprint density at radius 3 is 2.47 bits per heavy atom. The molecule has 1 aliphatic heterocycles. The van der Waals surface area contributed by atoms with Crippen molar-refractivity contribution in [1.29, 1.82) is 0 Å². The van der Waals surface area contributed by atoms with Gasteiger partial charge >= 0.3 is 0 Å². The Balaban J connectivity index is 1.52. The van der Waals surface area contributed by atoms with E-state index in [0.29, 0.717) is 50.1 Å². The van der Waals surface area contributed by atoms with E-state index >= 15 is 0 Å². The SMILES string of the molecule is COc1ccc(CCC(=O)N2CCCN(C(=O)/C=C/c3c(C)nn(CC(C)C)c3Cl)CC2)cc1. The molecule has 1 aromatic carbocycles. The molecule has 0 aliphatic carbocycles. The number of hydrogen-bond acceptors (Lipinski definition) is 4. The maximum Gasteiger partial charge on any atom is 0.246 e. The van der Waals surface area contributed by atoms with Gasteiger partial charge in [0.2, 0.25) is 11.8 Å². The molecule has 8 heteroatoms. The summed E-state index contributed by atoms with van der Waals surface area (Å²) in [6, 6.07) is 7.79. The molecule has 2 amide bonds. The minimum Gasteiger partial charge on any atom is -0.497 e. The molecule has 3 rings (SSSR count). The molecule has 34 heavy (non-hydrogen) atoms. The molecular weight excluding hydrogens is 452 g/mol. The molecule has 0 atom stereocenters. The van der Waals surface area contributed by atoms with Gasteiger partial charge in [0.05, 0.1) is 12.8 Å². The van der Waals surface area contributed by atoms with Gasteiger partial charge in [0, 0.05) is 50.8 Å². The summed E-state index contributed by atoms with van der Waals surface area (Å²) in [6.45, 7) is 9.22. The highest BCUT2D eigenvalue weighted by Crippen LogP contribution is 2.22. The Bertz CT molecular complexity index is 1010. The van der Waals surface area contributed by atoms with E-state index < -0.39 is 0 Å². The average molecular weight is 487 g/mol. The van der Waals surface area contributed by atoms with Crippen LogP contribution >= 0.6 is 11.6 Å². The van der Waals surface area contributed by atoms with Crippen molar-refractivity contribution in [2.75, 3.05) is 33.3 Å². The van der Waals surface area contributed by atoms with Crippen molar-refractivity contribution in [3.8, 4) is 5.75 Å². The third kappa shape index (κ3) is 6.86. The number of methoxy groups -OCH3 is 1. The Morgan fingerprint density at radius 1 is 1.12 bits per heavy atom. The first-order valence-corrected chi connectivity index (χ1v) is 12.3. The van der Waals surface area contributed by atoms with Gasteiger partial charge in [-0.3, -0.25) is 14.3 Å². The molecule has 184 valence electrons. The number of nitrogens with zero attached hydrogens (tertiary/aromatic N) is 4. The summed E-state index contributed by atoms with van der Waals surface area (Å²) in [5, 5.41) is 5.05. The van der Waals surface area contributed by atoms with Gasteiger partial charge < -0.3 is 14.5 Å². The third-order valence-corrected chi connectivity index (χ3v) is 6.39. The molecule has 1 fully saturated rings. The molecule has 1 aromatic heterocycles. The van der Waals surface area contributed by atoms with Gasteiger partial charge in [-0.05, 0) is 49.5 Å². The van der Waals surface area contributed by atoms with E-state index in [2.05, 4.69) is 18.9 Å². The summed E-state index contributed by atoms with van der Waals surface area (Å²) in [5.74, 6) is 1.29. The van der Waals surface area contributed by atoms with E-state index in [1.807, 2.05) is 36.1 Å². The van der Waals surface area contributed by atoms with Crippen LogP contribution in [-0.4, -0.2) is 64.7 Å². The highest BCUT2D eigenvalue weighted by atomic mass is 35.5. The lowest BCUT2D eigenvalue weighted by Crippen LogP contribution is -2.36. The lowest BCUT2D eigenvalue weighted by Gasteiger charge is -2.21. The molecule has 7 nitrogen and oxygen atoms in total. The Labute approximate surface area is 207 Å². The summed E-state index contributed by atoms with van der Waals surface area (Å²) in [5.41, 5.74) is 2.69. The first kappa shape index (κ1) is 25.8. The Morgan fingerprint density at radius 2 is 1.79 bits per heavy atom. The van der Waals surface area contributed by atoms with Crippen LogP contribution in [0.3, 0.4) is 0 Å². The Hall–Kier alpha value is -2.80. The monoisotopic (exact) mass is 486 g/mol. The van der Waals surface area contributed by atoms with Crippen LogP contribution in [0.4, 0.5) is 0 Å². The average Bonchev–Trinajstić information content (AvgIpc) is 2.99. The van der Waals surface area contributed by atoms with Crippen LogP contribution in [0, 0.1) is 12.8 Å². The maximum atomic E-state index is 12.8. The molecule has 0 N–H and O–H groups in total. The molecule has 1 saturated heterocycles. The number of hydrogen-bond donors (Lipinski definition) is 0. The van der Waals surface area contributed by atoms with Crippen LogP contribution in [0.1, 0.15) is 43.5 Å². The number of amides is 2. The van der Waals surface area contributed by atoms with E-state index in [4.69, 9.17) is 16.3 Å². The number of halogens is 1. The number of ether oxygens (including phenoxy) is 1. The largest absolute Gasteiger partial charge is 0.497 e. The van der Waals surface area contributed by atoms with Crippen LogP contribution in [0.2, 0.25) is 5.15 Å². The van der Waals surface area contributed by atoms with Crippen LogP contribution in [0.5, 0.6) is 5.75 Å². The van der Waals surface area contributed by atoms with Crippen LogP contribution in [-0.2, 0) is 22.6 Å². The van der Waals surface area contributed by atoms with Crippen molar-refractivity contribution < 1.29 is 14.3 Å². The minimum absolute atomic E-state index is 0.0698. The van der Waals surface area contributed by atoms with Gasteiger partial charge in [0.25, 0.3) is 0 Å². The summed E-state index contributed by atoms with van der Waals surface area (Å²) in [6.07, 6.45) is 5.23. The predicted octanol–water partition coefficient (Wildman–Crippen LogP) is 4.22. The van der Waals surface area contributed by atoms with E-state index in [0.717, 1.165) is 35.5 Å². The van der Waals surface area contributed by atoms with Gasteiger partial charge in [-0.15, -0.1) is 0 Å². The minimum atomic E-state index is -0.0698. The second-order valence-corrected chi connectivity index (χ2v) is 9.46. The fraction of sp³-hybridized carbons (Fsp3) is 0.500. The van der Waals surface area contributed by atoms with E-state index in [1.54, 1.807) is 28.8 Å². The number of benzene rings is 1. The number of rotatable bonds is 8. The van der Waals surface area contributed by atoms with Crippen LogP contribution in [0.25, 0.3) is 6.08 Å². The maximum absolute atomic E-state index is 12.8. The van der Waals surface area contributed by atoms with Gasteiger partial charge in [-0.1, -0.05) is 37.6 Å². The van der Waals surface area contributed by atoms with Crippen molar-refractivity contribution in [2.24, 2.45) is 5.92 Å². The fourth-order valence-corrected chi connectivity index (χ4v) is 4.38. The van der Waals surface area contributed by atoms with Crippen LogP contribution in [0.15, 0.2) is 30.3 Å². The smallest absolute Gasteiger partial charge is 0.246 e. The molecule has 0 saturated carbocycles. The number of aromatic nitrogens is 2. The zero-order valence-corrected chi connectivity index (χ0v) is 21.3. The van der Waals surface area contributed by atoms with Gasteiger partial charge in [-0.25, -0.2) is 0 Å². The van der Waals surface area contributed by atoms with E-state index in [1.165, 1.54) is 0 Å². The van der Waals surface area contributed by atoms with Crippen molar-refractivity contribution in [3.63, 3.8) is 0 Å². The number of carbonyl (C=O) groups is 2.